The van der Waals surface area contributed by atoms with Crippen LogP contribution in [0.3, 0.4) is 0 Å². The van der Waals surface area contributed by atoms with Crippen LogP contribution in [0.4, 0.5) is 15.8 Å². The zero-order chi connectivity index (χ0) is 16.1. The van der Waals surface area contributed by atoms with Crippen molar-refractivity contribution in [2.75, 3.05) is 5.32 Å². The van der Waals surface area contributed by atoms with Crippen LogP contribution in [0.15, 0.2) is 48.5 Å². The number of aryl methyl sites for hydroxylation is 1. The predicted molar refractivity (Wildman–Crippen MR) is 81.9 cm³/mol. The van der Waals surface area contributed by atoms with Gasteiger partial charge in [0.2, 0.25) is 5.91 Å². The van der Waals surface area contributed by atoms with E-state index in [0.717, 1.165) is 29.3 Å². The van der Waals surface area contributed by atoms with Crippen LogP contribution in [-0.4, -0.2) is 10.8 Å². The number of nitrogens with zero attached hydrogens (tertiary/aromatic N) is 1. The molecule has 112 valence electrons. The molecule has 0 atom stereocenters. The van der Waals surface area contributed by atoms with E-state index in [2.05, 4.69) is 5.32 Å². The van der Waals surface area contributed by atoms with E-state index in [4.69, 9.17) is 0 Å². The summed E-state index contributed by atoms with van der Waals surface area (Å²) in [6.45, 7) is 1.93. The molecular formula is C16H13FN2O3. The molecule has 0 saturated carbocycles. The van der Waals surface area contributed by atoms with Gasteiger partial charge in [0.1, 0.15) is 0 Å². The summed E-state index contributed by atoms with van der Waals surface area (Å²) < 4.78 is 13.6. The van der Waals surface area contributed by atoms with Gasteiger partial charge in [-0.15, -0.1) is 0 Å². The molecule has 6 heteroatoms. The summed E-state index contributed by atoms with van der Waals surface area (Å²) in [6, 6.07) is 10.6. The highest BCUT2D eigenvalue weighted by Crippen LogP contribution is 2.20. The van der Waals surface area contributed by atoms with Crippen LogP contribution in [0.1, 0.15) is 11.1 Å². The van der Waals surface area contributed by atoms with E-state index in [-0.39, 0.29) is 11.4 Å². The van der Waals surface area contributed by atoms with Gasteiger partial charge in [-0.2, -0.15) is 0 Å². The van der Waals surface area contributed by atoms with Crippen LogP contribution in [0.25, 0.3) is 6.08 Å². The second kappa shape index (κ2) is 6.62. The molecule has 22 heavy (non-hydrogen) atoms. The smallest absolute Gasteiger partial charge is 0.272 e. The lowest BCUT2D eigenvalue weighted by Crippen LogP contribution is -2.09. The first-order valence-corrected chi connectivity index (χ1v) is 6.45. The Kier molecular flexibility index (Phi) is 4.63. The van der Waals surface area contributed by atoms with Gasteiger partial charge < -0.3 is 5.32 Å². The maximum Gasteiger partial charge on any atom is 0.272 e. The molecule has 0 saturated heterocycles. The molecule has 2 aromatic carbocycles. The molecule has 0 heterocycles. The largest absolute Gasteiger partial charge is 0.320 e. The van der Waals surface area contributed by atoms with Gasteiger partial charge >= 0.3 is 0 Å². The monoisotopic (exact) mass is 300 g/mol. The molecular weight excluding hydrogens is 287 g/mol. The fourth-order valence-electron chi connectivity index (χ4n) is 1.84. The van der Waals surface area contributed by atoms with E-state index in [1.54, 1.807) is 6.08 Å². The van der Waals surface area contributed by atoms with Gasteiger partial charge in [-0.1, -0.05) is 29.8 Å². The molecule has 1 amide bonds. The second-order valence-electron chi connectivity index (χ2n) is 4.66. The number of benzene rings is 2. The summed E-state index contributed by atoms with van der Waals surface area (Å²) in [5.74, 6) is -1.37. The number of amides is 1. The Hall–Kier alpha value is -3.02. The molecule has 0 unspecified atom stereocenters. The van der Waals surface area contributed by atoms with Crippen LogP contribution in [0.5, 0.6) is 0 Å². The van der Waals surface area contributed by atoms with Crippen molar-refractivity contribution in [3.63, 3.8) is 0 Å². The summed E-state index contributed by atoms with van der Waals surface area (Å²) >= 11 is 0. The third-order valence-corrected chi connectivity index (χ3v) is 2.89. The number of hydrogen-bond donors (Lipinski definition) is 1. The van der Waals surface area contributed by atoms with E-state index in [0.29, 0.717) is 0 Å². The third kappa shape index (κ3) is 3.99. The van der Waals surface area contributed by atoms with Gasteiger partial charge in [0.25, 0.3) is 5.69 Å². The highest BCUT2D eigenvalue weighted by molar-refractivity contribution is 6.02. The van der Waals surface area contributed by atoms with Crippen molar-refractivity contribution in [2.24, 2.45) is 0 Å². The number of nitro benzene ring substituents is 1. The van der Waals surface area contributed by atoms with E-state index in [1.807, 2.05) is 31.2 Å². The number of anilines is 1. The van der Waals surface area contributed by atoms with Crippen LogP contribution in [-0.2, 0) is 4.79 Å². The van der Waals surface area contributed by atoms with Gasteiger partial charge in [0.05, 0.1) is 16.7 Å². The lowest BCUT2D eigenvalue weighted by atomic mass is 10.1. The fourth-order valence-corrected chi connectivity index (χ4v) is 1.84. The predicted octanol–water partition coefficient (Wildman–Crippen LogP) is 3.69. The quantitative estimate of drug-likeness (QED) is 0.531. The second-order valence-corrected chi connectivity index (χ2v) is 4.66. The van der Waals surface area contributed by atoms with Crippen molar-refractivity contribution in [1.29, 1.82) is 0 Å². The first-order chi connectivity index (χ1) is 10.5. The molecule has 5 nitrogen and oxygen atoms in total. The molecule has 0 radical (unpaired) electrons. The first kappa shape index (κ1) is 15.4. The number of carbonyl (C=O) groups is 1. The molecule has 1 N–H and O–H groups in total. The Labute approximate surface area is 126 Å². The number of nitro groups is 1. The zero-order valence-corrected chi connectivity index (χ0v) is 11.7. The molecule has 2 aromatic rings. The lowest BCUT2D eigenvalue weighted by molar-refractivity contribution is -0.385. The number of halogens is 1. The van der Waals surface area contributed by atoms with Crippen molar-refractivity contribution in [3.05, 3.63) is 75.6 Å². The molecule has 0 bridgehead atoms. The van der Waals surface area contributed by atoms with Crippen LogP contribution in [0.2, 0.25) is 0 Å². The van der Waals surface area contributed by atoms with Crippen molar-refractivity contribution in [2.45, 2.75) is 6.92 Å². The van der Waals surface area contributed by atoms with Gasteiger partial charge in [0, 0.05) is 12.1 Å². The maximum atomic E-state index is 13.6. The Balaban J connectivity index is 2.07. The molecule has 0 fully saturated rings. The third-order valence-electron chi connectivity index (χ3n) is 2.89. The van der Waals surface area contributed by atoms with E-state index < -0.39 is 16.6 Å². The van der Waals surface area contributed by atoms with E-state index in [1.165, 1.54) is 6.08 Å². The van der Waals surface area contributed by atoms with Gasteiger partial charge in [0.15, 0.2) is 5.82 Å². The summed E-state index contributed by atoms with van der Waals surface area (Å²) in [4.78, 5) is 21.6. The van der Waals surface area contributed by atoms with Crippen LogP contribution < -0.4 is 5.32 Å². The molecule has 0 aliphatic heterocycles. The fraction of sp³-hybridized carbons (Fsp3) is 0.0625. The molecule has 0 aromatic heterocycles. The number of carbonyl (C=O) groups excluding carboxylic acids is 1. The van der Waals surface area contributed by atoms with Crippen LogP contribution >= 0.6 is 0 Å². The van der Waals surface area contributed by atoms with Crippen molar-refractivity contribution < 1.29 is 14.1 Å². The summed E-state index contributed by atoms with van der Waals surface area (Å²) in [5.41, 5.74) is 1.43. The average Bonchev–Trinajstić information content (AvgIpc) is 2.47. The van der Waals surface area contributed by atoms with E-state index >= 15 is 0 Å². The topological polar surface area (TPSA) is 72.2 Å². The molecule has 0 spiro atoms. The average molecular weight is 300 g/mol. The first-order valence-electron chi connectivity index (χ1n) is 6.45. The summed E-state index contributed by atoms with van der Waals surface area (Å²) in [7, 11) is 0. The summed E-state index contributed by atoms with van der Waals surface area (Å²) in [6.07, 6.45) is 2.88. The lowest BCUT2D eigenvalue weighted by Gasteiger charge is -2.03. The highest BCUT2D eigenvalue weighted by atomic mass is 19.1. The minimum atomic E-state index is -0.855. The SMILES string of the molecule is Cc1cccc(C=CC(=O)Nc2ccc([N+](=O)[O-])cc2F)c1. The highest BCUT2D eigenvalue weighted by Gasteiger charge is 2.11. The standard InChI is InChI=1S/C16H13FN2O3/c1-11-3-2-4-12(9-11)5-8-16(20)18-15-7-6-13(19(21)22)10-14(15)17/h2-10H,1H3,(H,18,20). The number of hydrogen-bond acceptors (Lipinski definition) is 3. The maximum absolute atomic E-state index is 13.6. The Bertz CT molecular complexity index is 757. The molecule has 2 rings (SSSR count). The Morgan fingerprint density at radius 3 is 2.68 bits per heavy atom. The van der Waals surface area contributed by atoms with Crippen molar-refractivity contribution in [1.82, 2.24) is 0 Å². The number of rotatable bonds is 4. The van der Waals surface area contributed by atoms with Gasteiger partial charge in [-0.25, -0.2) is 4.39 Å². The molecule has 0 aliphatic rings. The van der Waals surface area contributed by atoms with Crippen molar-refractivity contribution in [3.8, 4) is 0 Å². The van der Waals surface area contributed by atoms with Crippen molar-refractivity contribution >= 4 is 23.4 Å². The zero-order valence-electron chi connectivity index (χ0n) is 11.7. The Morgan fingerprint density at radius 1 is 1.27 bits per heavy atom. The Morgan fingerprint density at radius 2 is 2.05 bits per heavy atom. The minimum absolute atomic E-state index is 0.107. The summed E-state index contributed by atoms with van der Waals surface area (Å²) in [5, 5.41) is 12.9. The van der Waals surface area contributed by atoms with Crippen LogP contribution in [0, 0.1) is 22.9 Å². The molecule has 0 aliphatic carbocycles. The normalized spacial score (nSPS) is 10.6. The minimum Gasteiger partial charge on any atom is -0.320 e. The van der Waals surface area contributed by atoms with Gasteiger partial charge in [-0.05, 0) is 24.6 Å². The number of nitrogens with one attached hydrogen (secondary N) is 1. The number of non-ortho nitro benzene ring substituents is 1. The van der Waals surface area contributed by atoms with E-state index in [9.17, 15) is 19.3 Å². The van der Waals surface area contributed by atoms with Gasteiger partial charge in [-0.3, -0.25) is 14.9 Å².